The molecule has 3 N–H and O–H groups in total. The molecule has 1 fully saturated rings. The minimum absolute atomic E-state index is 0.474. The van der Waals surface area contributed by atoms with E-state index in [0.29, 0.717) is 0 Å². The molecule has 112 valence electrons. The van der Waals surface area contributed by atoms with E-state index in [2.05, 4.69) is 0 Å². The summed E-state index contributed by atoms with van der Waals surface area (Å²) in [4.78, 5) is 11.8. The predicted molar refractivity (Wildman–Crippen MR) is 64.1 cm³/mol. The van der Waals surface area contributed by atoms with Crippen molar-refractivity contribution in [1.82, 2.24) is 0 Å². The Labute approximate surface area is 112 Å². The molecule has 5 atom stereocenters. The fourth-order valence-corrected chi connectivity index (χ4v) is 1.67. The number of carbonyl (C=O) groups is 1. The molecule has 0 aliphatic carbocycles. The summed E-state index contributed by atoms with van der Waals surface area (Å²) in [5, 5.41) is 28.7. The van der Waals surface area contributed by atoms with Gasteiger partial charge in [-0.05, 0) is 20.8 Å². The van der Waals surface area contributed by atoms with E-state index < -0.39 is 48.7 Å². The van der Waals surface area contributed by atoms with E-state index in [1.54, 1.807) is 20.8 Å². The van der Waals surface area contributed by atoms with Gasteiger partial charge in [-0.3, -0.25) is 4.79 Å². The van der Waals surface area contributed by atoms with E-state index in [1.165, 1.54) is 7.11 Å². The predicted octanol–water partition coefficient (Wildman–Crippen LogP) is -0.970. The monoisotopic (exact) mass is 278 g/mol. The number of esters is 1. The van der Waals surface area contributed by atoms with Crippen molar-refractivity contribution in [3.63, 3.8) is 0 Å². The van der Waals surface area contributed by atoms with E-state index in [-0.39, 0.29) is 0 Å². The van der Waals surface area contributed by atoms with E-state index in [9.17, 15) is 15.0 Å². The minimum Gasteiger partial charge on any atom is -0.454 e. The van der Waals surface area contributed by atoms with Gasteiger partial charge in [0.2, 0.25) is 0 Å². The summed E-state index contributed by atoms with van der Waals surface area (Å²) in [6.07, 6.45) is -5.91. The third-order valence-electron chi connectivity index (χ3n) is 2.91. The van der Waals surface area contributed by atoms with Crippen LogP contribution in [-0.2, 0) is 19.0 Å². The highest BCUT2D eigenvalue weighted by Gasteiger charge is 2.47. The molecule has 0 bridgehead atoms. The van der Waals surface area contributed by atoms with Gasteiger partial charge in [-0.1, -0.05) is 0 Å². The molecular formula is C12H22O7. The number of hydrogen-bond donors (Lipinski definition) is 3. The van der Waals surface area contributed by atoms with Gasteiger partial charge in [0.25, 0.3) is 0 Å². The molecule has 0 aromatic carbocycles. The lowest BCUT2D eigenvalue weighted by atomic mass is 9.95. The van der Waals surface area contributed by atoms with Crippen LogP contribution >= 0.6 is 0 Å². The van der Waals surface area contributed by atoms with E-state index in [1.807, 2.05) is 0 Å². The molecule has 1 rings (SSSR count). The highest BCUT2D eigenvalue weighted by molar-refractivity contribution is 5.75. The van der Waals surface area contributed by atoms with Gasteiger partial charge in [-0.25, -0.2) is 0 Å². The SMILES string of the molecule is CO[C@H]1O[C@H](CO)[C@@H](O)[C@H](O)[C@@H]1OC(=O)C(C)(C)C. The summed E-state index contributed by atoms with van der Waals surface area (Å²) in [5.74, 6) is -0.545. The Hall–Kier alpha value is -0.730. The van der Waals surface area contributed by atoms with Crippen molar-refractivity contribution < 1.29 is 34.3 Å². The van der Waals surface area contributed by atoms with E-state index in [4.69, 9.17) is 19.3 Å². The van der Waals surface area contributed by atoms with Crippen LogP contribution in [0.5, 0.6) is 0 Å². The minimum atomic E-state index is -1.39. The Bertz CT molecular complexity index is 310. The van der Waals surface area contributed by atoms with Crippen LogP contribution in [0.4, 0.5) is 0 Å². The number of rotatable bonds is 3. The second kappa shape index (κ2) is 6.15. The lowest BCUT2D eigenvalue weighted by molar-refractivity contribution is -0.299. The molecule has 1 heterocycles. The summed E-state index contributed by atoms with van der Waals surface area (Å²) < 4.78 is 15.4. The average Bonchev–Trinajstić information content (AvgIpc) is 2.34. The Morgan fingerprint density at radius 1 is 1.26 bits per heavy atom. The summed E-state index contributed by atoms with van der Waals surface area (Å²) >= 11 is 0. The molecule has 0 radical (unpaired) electrons. The van der Waals surface area contributed by atoms with Crippen LogP contribution in [0.2, 0.25) is 0 Å². The lowest BCUT2D eigenvalue weighted by Gasteiger charge is -2.41. The van der Waals surface area contributed by atoms with Crippen molar-refractivity contribution in [2.45, 2.75) is 51.5 Å². The van der Waals surface area contributed by atoms with Crippen molar-refractivity contribution in [1.29, 1.82) is 0 Å². The van der Waals surface area contributed by atoms with Crippen molar-refractivity contribution in [2.24, 2.45) is 5.41 Å². The van der Waals surface area contributed by atoms with E-state index >= 15 is 0 Å². The fraction of sp³-hybridized carbons (Fsp3) is 0.917. The molecule has 0 amide bonds. The summed E-state index contributed by atoms with van der Waals surface area (Å²) in [7, 11) is 1.32. The second-order valence-electron chi connectivity index (χ2n) is 5.56. The first-order chi connectivity index (χ1) is 8.72. The maximum atomic E-state index is 11.8. The zero-order valence-corrected chi connectivity index (χ0v) is 11.6. The Morgan fingerprint density at radius 2 is 1.84 bits per heavy atom. The maximum Gasteiger partial charge on any atom is 0.311 e. The lowest BCUT2D eigenvalue weighted by Crippen LogP contribution is -2.60. The van der Waals surface area contributed by atoms with Crippen molar-refractivity contribution in [3.05, 3.63) is 0 Å². The standard InChI is InChI=1S/C12H22O7/c1-12(2,3)11(16)19-9-8(15)7(14)6(5-13)18-10(9)17-4/h6-10,13-15H,5H2,1-4H3/t6-,7-,8+,9+,10+/m1/s1. The highest BCUT2D eigenvalue weighted by Crippen LogP contribution is 2.26. The number of aliphatic hydroxyl groups excluding tert-OH is 3. The molecule has 0 aromatic rings. The van der Waals surface area contributed by atoms with Crippen LogP contribution in [0.25, 0.3) is 0 Å². The first kappa shape index (κ1) is 16.3. The number of hydrogen-bond acceptors (Lipinski definition) is 7. The van der Waals surface area contributed by atoms with Crippen molar-refractivity contribution >= 4 is 5.97 Å². The van der Waals surface area contributed by atoms with Crippen molar-refractivity contribution in [2.75, 3.05) is 13.7 Å². The quantitative estimate of drug-likeness (QED) is 0.570. The van der Waals surface area contributed by atoms with Gasteiger partial charge < -0.3 is 29.5 Å². The Balaban J connectivity index is 2.82. The molecular weight excluding hydrogens is 256 g/mol. The molecule has 7 heteroatoms. The number of aliphatic hydroxyl groups is 3. The van der Waals surface area contributed by atoms with Crippen LogP contribution in [0, 0.1) is 5.41 Å². The summed E-state index contributed by atoms with van der Waals surface area (Å²) in [6, 6.07) is 0. The van der Waals surface area contributed by atoms with Gasteiger partial charge in [0.1, 0.15) is 18.3 Å². The van der Waals surface area contributed by atoms with Crippen LogP contribution < -0.4 is 0 Å². The first-order valence-electron chi connectivity index (χ1n) is 6.08. The normalized spacial score (nSPS) is 36.1. The molecule has 1 aliphatic heterocycles. The largest absolute Gasteiger partial charge is 0.454 e. The molecule has 0 spiro atoms. The van der Waals surface area contributed by atoms with Crippen LogP contribution in [0.3, 0.4) is 0 Å². The van der Waals surface area contributed by atoms with Gasteiger partial charge >= 0.3 is 5.97 Å². The van der Waals surface area contributed by atoms with Gasteiger partial charge in [-0.2, -0.15) is 0 Å². The smallest absolute Gasteiger partial charge is 0.311 e. The molecule has 0 unspecified atom stereocenters. The molecule has 0 aromatic heterocycles. The van der Waals surface area contributed by atoms with Gasteiger partial charge in [0, 0.05) is 7.11 Å². The maximum absolute atomic E-state index is 11.8. The number of carbonyl (C=O) groups excluding carboxylic acids is 1. The molecule has 1 saturated heterocycles. The highest BCUT2D eigenvalue weighted by atomic mass is 16.7. The van der Waals surface area contributed by atoms with Crippen LogP contribution in [-0.4, -0.2) is 65.7 Å². The molecule has 0 saturated carbocycles. The third-order valence-corrected chi connectivity index (χ3v) is 2.91. The fourth-order valence-electron chi connectivity index (χ4n) is 1.67. The Kier molecular flexibility index (Phi) is 5.28. The molecule has 7 nitrogen and oxygen atoms in total. The topological polar surface area (TPSA) is 105 Å². The Morgan fingerprint density at radius 3 is 2.26 bits per heavy atom. The van der Waals surface area contributed by atoms with E-state index in [0.717, 1.165) is 0 Å². The second-order valence-corrected chi connectivity index (χ2v) is 5.56. The molecule has 19 heavy (non-hydrogen) atoms. The van der Waals surface area contributed by atoms with Gasteiger partial charge in [0.05, 0.1) is 12.0 Å². The third kappa shape index (κ3) is 3.64. The number of ether oxygens (including phenoxy) is 3. The first-order valence-corrected chi connectivity index (χ1v) is 6.08. The van der Waals surface area contributed by atoms with Gasteiger partial charge in [0.15, 0.2) is 12.4 Å². The number of methoxy groups -OCH3 is 1. The zero-order valence-electron chi connectivity index (χ0n) is 11.6. The zero-order chi connectivity index (χ0) is 14.8. The van der Waals surface area contributed by atoms with Crippen LogP contribution in [0.15, 0.2) is 0 Å². The molecule has 1 aliphatic rings. The summed E-state index contributed by atoms with van der Waals surface area (Å²) in [6.45, 7) is 4.53. The van der Waals surface area contributed by atoms with Crippen molar-refractivity contribution in [3.8, 4) is 0 Å². The van der Waals surface area contributed by atoms with Gasteiger partial charge in [-0.15, -0.1) is 0 Å². The summed E-state index contributed by atoms with van der Waals surface area (Å²) in [5.41, 5.74) is -0.753. The average molecular weight is 278 g/mol. The van der Waals surface area contributed by atoms with Crippen LogP contribution in [0.1, 0.15) is 20.8 Å².